The van der Waals surface area contributed by atoms with Gasteiger partial charge in [-0.15, -0.1) is 0 Å². The third-order valence-electron chi connectivity index (χ3n) is 2.12. The monoisotopic (exact) mass is 316 g/mol. The van der Waals surface area contributed by atoms with Gasteiger partial charge in [0.25, 0.3) is 0 Å². The Morgan fingerprint density at radius 1 is 1.53 bits per heavy atom. The van der Waals surface area contributed by atoms with Crippen LogP contribution >= 0.6 is 0 Å². The van der Waals surface area contributed by atoms with Gasteiger partial charge in [0.05, 0.1) is 0 Å². The first-order valence-corrected chi connectivity index (χ1v) is 5.45. The molecule has 4 N–H and O–H groups in total. The first-order valence-electron chi connectivity index (χ1n) is 4.60. The maximum atomic E-state index is 10.9. The summed E-state index contributed by atoms with van der Waals surface area (Å²) in [6.07, 6.45) is -5.22. The molecule has 0 unspecified atom stereocenters. The van der Waals surface area contributed by atoms with Crippen molar-refractivity contribution >= 4 is 26.1 Å². The molecular formula is C8H12O8Se. The van der Waals surface area contributed by atoms with Crippen molar-refractivity contribution in [3.05, 3.63) is 0 Å². The Hall–Kier alpha value is -0.541. The molecule has 0 amide bonds. The molecule has 1 rings (SSSR count). The van der Waals surface area contributed by atoms with Crippen LogP contribution in [0.25, 0.3) is 0 Å². The second-order valence-corrected chi connectivity index (χ2v) is 4.18. The third-order valence-corrected chi connectivity index (χ3v) is 2.85. The van der Waals surface area contributed by atoms with Gasteiger partial charge in [-0.25, -0.2) is 0 Å². The van der Waals surface area contributed by atoms with Gasteiger partial charge in [0, 0.05) is 0 Å². The molecule has 17 heavy (non-hydrogen) atoms. The number of carbonyl (C=O) groups is 1. The second-order valence-electron chi connectivity index (χ2n) is 3.40. The number of aliphatic hydroxyl groups is 4. The third kappa shape index (κ3) is 2.66. The van der Waals surface area contributed by atoms with Crippen LogP contribution in [0.15, 0.2) is 0 Å². The van der Waals surface area contributed by atoms with Crippen molar-refractivity contribution in [2.75, 3.05) is 6.61 Å². The van der Waals surface area contributed by atoms with Gasteiger partial charge >= 0.3 is 104 Å². The van der Waals surface area contributed by atoms with Gasteiger partial charge in [-0.1, -0.05) is 0 Å². The molecule has 1 aliphatic heterocycles. The Labute approximate surface area is 104 Å². The molecule has 1 heterocycles. The van der Waals surface area contributed by atoms with Crippen LogP contribution in [0.1, 0.15) is 6.92 Å². The summed E-state index contributed by atoms with van der Waals surface area (Å²) in [6, 6.07) is 0. The Kier molecular flexibility index (Phi) is 4.61. The van der Waals surface area contributed by atoms with E-state index in [1.54, 1.807) is 0 Å². The minimum absolute atomic E-state index is 0.107. The van der Waals surface area contributed by atoms with Gasteiger partial charge in [0.1, 0.15) is 0 Å². The van der Waals surface area contributed by atoms with Crippen LogP contribution in [0.5, 0.6) is 0 Å². The molecule has 1 saturated heterocycles. The molecule has 9 heteroatoms. The summed E-state index contributed by atoms with van der Waals surface area (Å²) in [7, 11) is 0. The Balaban J connectivity index is 2.85. The molecule has 0 bridgehead atoms. The molecule has 4 atom stereocenters. The van der Waals surface area contributed by atoms with Crippen molar-refractivity contribution in [2.24, 2.45) is 0 Å². The SMILES string of the molecule is CC(=O)O[C@@]1([C@@H](O)[C@H](O)[C@H](O)CO)OOC1=[Se]. The number of hydrogen-bond donors (Lipinski definition) is 4. The second kappa shape index (κ2) is 5.40. The molecule has 0 radical (unpaired) electrons. The van der Waals surface area contributed by atoms with Gasteiger partial charge in [-0.3, -0.25) is 0 Å². The van der Waals surface area contributed by atoms with Crippen LogP contribution in [0.3, 0.4) is 0 Å². The number of aliphatic hydroxyl groups excluding tert-OH is 4. The van der Waals surface area contributed by atoms with E-state index in [4.69, 9.17) is 9.84 Å². The molecule has 0 aromatic heterocycles. The topological polar surface area (TPSA) is 126 Å². The number of carbonyl (C=O) groups excluding carboxylic acids is 1. The van der Waals surface area contributed by atoms with E-state index in [1.165, 1.54) is 0 Å². The van der Waals surface area contributed by atoms with Gasteiger partial charge in [0.15, 0.2) is 0 Å². The normalized spacial score (nSPS) is 28.6. The molecule has 0 aliphatic carbocycles. The zero-order valence-corrected chi connectivity index (χ0v) is 10.5. The Morgan fingerprint density at radius 2 is 2.12 bits per heavy atom. The van der Waals surface area contributed by atoms with Crippen molar-refractivity contribution in [3.63, 3.8) is 0 Å². The molecule has 0 saturated carbocycles. The standard InChI is InChI=1S/C8H12O8Se/c1-3(10)14-8(7(17)15-16-8)6(13)5(12)4(11)2-9/h4-6,9,11-13H,2H2,1H3/t4-,5-,6+,8+/m1/s1. The van der Waals surface area contributed by atoms with Gasteiger partial charge in [0.2, 0.25) is 0 Å². The molecule has 0 aromatic carbocycles. The summed E-state index contributed by atoms with van der Waals surface area (Å²) in [6.45, 7) is 0.288. The summed E-state index contributed by atoms with van der Waals surface area (Å²) in [5, 5.41) is 37.1. The summed E-state index contributed by atoms with van der Waals surface area (Å²) >= 11 is 2.34. The molecule has 0 spiro atoms. The molecule has 0 aromatic rings. The van der Waals surface area contributed by atoms with Gasteiger partial charge < -0.3 is 0 Å². The van der Waals surface area contributed by atoms with Crippen molar-refractivity contribution < 1.29 is 39.7 Å². The molecule has 1 fully saturated rings. The van der Waals surface area contributed by atoms with E-state index in [-0.39, 0.29) is 4.60 Å². The molecule has 98 valence electrons. The zero-order valence-electron chi connectivity index (χ0n) is 8.77. The summed E-state index contributed by atoms with van der Waals surface area (Å²) in [5.41, 5.74) is 0. The van der Waals surface area contributed by atoms with Crippen LogP contribution in [0.2, 0.25) is 0 Å². The fraction of sp³-hybridized carbons (Fsp3) is 0.750. The summed E-state index contributed by atoms with van der Waals surface area (Å²) in [4.78, 5) is 19.8. The van der Waals surface area contributed by atoms with Crippen molar-refractivity contribution in [3.8, 4) is 0 Å². The van der Waals surface area contributed by atoms with E-state index in [9.17, 15) is 20.1 Å². The maximum absolute atomic E-state index is 10.9. The average Bonchev–Trinajstić information content (AvgIpc) is 2.30. The Morgan fingerprint density at radius 3 is 2.41 bits per heavy atom. The van der Waals surface area contributed by atoms with E-state index >= 15 is 0 Å². The van der Waals surface area contributed by atoms with Crippen LogP contribution < -0.4 is 0 Å². The fourth-order valence-electron chi connectivity index (χ4n) is 1.20. The van der Waals surface area contributed by atoms with E-state index in [2.05, 4.69) is 25.4 Å². The van der Waals surface area contributed by atoms with Crippen LogP contribution in [0, 0.1) is 0 Å². The van der Waals surface area contributed by atoms with Gasteiger partial charge in [-0.05, 0) is 0 Å². The van der Waals surface area contributed by atoms with E-state index in [0.717, 1.165) is 6.92 Å². The van der Waals surface area contributed by atoms with Crippen LogP contribution in [-0.2, 0) is 19.3 Å². The average molecular weight is 315 g/mol. The van der Waals surface area contributed by atoms with Crippen molar-refractivity contribution in [1.29, 1.82) is 0 Å². The first-order chi connectivity index (χ1) is 7.85. The minimum atomic E-state index is -2.01. The first kappa shape index (κ1) is 14.5. The quantitative estimate of drug-likeness (QED) is 0.235. The van der Waals surface area contributed by atoms with Crippen molar-refractivity contribution in [2.45, 2.75) is 31.0 Å². The zero-order chi connectivity index (χ0) is 13.2. The van der Waals surface area contributed by atoms with E-state index in [0.29, 0.717) is 0 Å². The number of rotatable bonds is 5. The van der Waals surface area contributed by atoms with Crippen LogP contribution in [0.4, 0.5) is 0 Å². The Bertz CT molecular complexity index is 321. The molecular weight excluding hydrogens is 303 g/mol. The number of esters is 1. The molecule has 1 aliphatic rings. The predicted molar refractivity (Wildman–Crippen MR) is 52.5 cm³/mol. The summed E-state index contributed by atoms with van der Waals surface area (Å²) in [5.74, 6) is -2.80. The van der Waals surface area contributed by atoms with Crippen molar-refractivity contribution in [1.82, 2.24) is 0 Å². The van der Waals surface area contributed by atoms with Crippen LogP contribution in [-0.4, -0.2) is 77.3 Å². The number of hydrogen-bond acceptors (Lipinski definition) is 8. The van der Waals surface area contributed by atoms with E-state index in [1.807, 2.05) is 0 Å². The molecule has 8 nitrogen and oxygen atoms in total. The fourth-order valence-corrected chi connectivity index (χ4v) is 1.69. The van der Waals surface area contributed by atoms with E-state index < -0.39 is 36.7 Å². The predicted octanol–water partition coefficient (Wildman–Crippen LogP) is -3.42. The number of ether oxygens (including phenoxy) is 1. The summed E-state index contributed by atoms with van der Waals surface area (Å²) < 4.78 is 4.60. The van der Waals surface area contributed by atoms with Gasteiger partial charge in [-0.2, -0.15) is 0 Å².